The number of nitrogens with two attached hydrogens (primary N) is 1. The topological polar surface area (TPSA) is 145 Å². The molecule has 0 aliphatic carbocycles. The summed E-state index contributed by atoms with van der Waals surface area (Å²) in [5.74, 6) is -0.473. The van der Waals surface area contributed by atoms with E-state index >= 15 is 0 Å². The van der Waals surface area contributed by atoms with Gasteiger partial charge in [-0.3, -0.25) is 9.52 Å². The van der Waals surface area contributed by atoms with Crippen LogP contribution in [0.4, 0.5) is 5.69 Å². The number of nitrogens with one attached hydrogen (secondary N) is 1. The van der Waals surface area contributed by atoms with E-state index in [2.05, 4.69) is 4.72 Å². The number of methoxy groups -OCH3 is 2. The molecule has 168 valence electrons. The lowest BCUT2D eigenvalue weighted by Gasteiger charge is -2.16. The van der Waals surface area contributed by atoms with Crippen molar-refractivity contribution < 1.29 is 31.1 Å². The molecule has 0 unspecified atom stereocenters. The summed E-state index contributed by atoms with van der Waals surface area (Å²) in [5, 5.41) is 0. The third-order valence-electron chi connectivity index (χ3n) is 4.87. The fourth-order valence-electron chi connectivity index (χ4n) is 3.24. The molecular weight excluding hydrogens is 446 g/mol. The normalized spacial score (nSPS) is 14.9. The summed E-state index contributed by atoms with van der Waals surface area (Å²) in [6.45, 7) is 0.887. The molecule has 10 nitrogen and oxygen atoms in total. The van der Waals surface area contributed by atoms with Gasteiger partial charge in [-0.2, -0.15) is 4.31 Å². The van der Waals surface area contributed by atoms with Crippen LogP contribution in [0.1, 0.15) is 23.2 Å². The van der Waals surface area contributed by atoms with Gasteiger partial charge in [0.05, 0.1) is 35.3 Å². The van der Waals surface area contributed by atoms with Crippen LogP contribution < -0.4 is 19.9 Å². The van der Waals surface area contributed by atoms with Crippen molar-refractivity contribution in [3.63, 3.8) is 0 Å². The van der Waals surface area contributed by atoms with Gasteiger partial charge in [-0.25, -0.2) is 16.8 Å². The number of carbonyl (C=O) groups is 1. The predicted octanol–water partition coefficient (Wildman–Crippen LogP) is 1.39. The van der Waals surface area contributed by atoms with E-state index in [1.807, 2.05) is 0 Å². The monoisotopic (exact) mass is 469 g/mol. The Balaban J connectivity index is 1.93. The molecule has 31 heavy (non-hydrogen) atoms. The van der Waals surface area contributed by atoms with Crippen LogP contribution in [0.25, 0.3) is 0 Å². The van der Waals surface area contributed by atoms with Crippen LogP contribution in [0.5, 0.6) is 11.5 Å². The first kappa shape index (κ1) is 22.8. The summed E-state index contributed by atoms with van der Waals surface area (Å²) in [7, 11) is -5.10. The Hall–Kier alpha value is -2.83. The lowest BCUT2D eigenvalue weighted by Crippen LogP contribution is -2.27. The fourth-order valence-corrected chi connectivity index (χ4v) is 5.83. The highest BCUT2D eigenvalue weighted by Crippen LogP contribution is 2.34. The molecule has 2 aromatic rings. The van der Waals surface area contributed by atoms with Crippen molar-refractivity contribution in [3.8, 4) is 11.5 Å². The lowest BCUT2D eigenvalue weighted by molar-refractivity contribution is 0.100. The zero-order chi connectivity index (χ0) is 22.8. The molecule has 0 aromatic heterocycles. The fraction of sp³-hybridized carbons (Fsp3) is 0.316. The largest absolute Gasteiger partial charge is 0.493 e. The van der Waals surface area contributed by atoms with Crippen molar-refractivity contribution in [1.82, 2.24) is 4.31 Å². The standard InChI is InChI=1S/C19H23N3O7S2/c1-28-17-11-15(19(20)23)16(12-18(17)29-2)21-30(24,25)13-5-7-14(8-6-13)31(26,27)22-9-3-4-10-22/h5-8,11-12,21H,3-4,9-10H2,1-2H3,(H2,20,23). The van der Waals surface area contributed by atoms with E-state index in [-0.39, 0.29) is 32.5 Å². The van der Waals surface area contributed by atoms with Crippen LogP contribution in [0.2, 0.25) is 0 Å². The number of sulfonamides is 2. The number of amides is 1. The van der Waals surface area contributed by atoms with Crippen LogP contribution >= 0.6 is 0 Å². The molecule has 0 radical (unpaired) electrons. The number of ether oxygens (including phenoxy) is 2. The van der Waals surface area contributed by atoms with E-state index in [1.54, 1.807) is 0 Å². The molecule has 1 aliphatic heterocycles. The molecule has 1 saturated heterocycles. The number of primary amides is 1. The van der Waals surface area contributed by atoms with Crippen molar-refractivity contribution in [1.29, 1.82) is 0 Å². The smallest absolute Gasteiger partial charge is 0.261 e. The van der Waals surface area contributed by atoms with Gasteiger partial charge < -0.3 is 15.2 Å². The summed E-state index contributed by atoms with van der Waals surface area (Å²) >= 11 is 0. The van der Waals surface area contributed by atoms with Gasteiger partial charge in [0.1, 0.15) is 0 Å². The second-order valence-electron chi connectivity index (χ2n) is 6.81. The number of nitrogens with zero attached hydrogens (tertiary/aromatic N) is 1. The van der Waals surface area contributed by atoms with Gasteiger partial charge in [0.15, 0.2) is 11.5 Å². The van der Waals surface area contributed by atoms with E-state index in [9.17, 15) is 21.6 Å². The first-order chi connectivity index (χ1) is 14.6. The second-order valence-corrected chi connectivity index (χ2v) is 10.4. The van der Waals surface area contributed by atoms with Crippen LogP contribution in [0.3, 0.4) is 0 Å². The summed E-state index contributed by atoms with van der Waals surface area (Å²) in [6, 6.07) is 7.41. The third-order valence-corrected chi connectivity index (χ3v) is 8.16. The number of benzene rings is 2. The Kier molecular flexibility index (Phi) is 6.43. The van der Waals surface area contributed by atoms with Gasteiger partial charge >= 0.3 is 0 Å². The average molecular weight is 470 g/mol. The molecule has 1 fully saturated rings. The maximum atomic E-state index is 12.9. The van der Waals surface area contributed by atoms with E-state index in [0.29, 0.717) is 13.1 Å². The van der Waals surface area contributed by atoms with Crippen molar-refractivity contribution in [2.24, 2.45) is 5.73 Å². The van der Waals surface area contributed by atoms with Crippen molar-refractivity contribution in [2.75, 3.05) is 32.0 Å². The first-order valence-electron chi connectivity index (χ1n) is 9.29. The molecule has 0 bridgehead atoms. The molecule has 12 heteroatoms. The number of carbonyl (C=O) groups excluding carboxylic acids is 1. The number of hydrogen-bond acceptors (Lipinski definition) is 7. The van der Waals surface area contributed by atoms with Crippen molar-refractivity contribution >= 4 is 31.6 Å². The average Bonchev–Trinajstić information content (AvgIpc) is 3.29. The van der Waals surface area contributed by atoms with Gasteiger partial charge in [0.25, 0.3) is 15.9 Å². The zero-order valence-electron chi connectivity index (χ0n) is 17.0. The molecule has 0 saturated carbocycles. The number of rotatable bonds is 8. The van der Waals surface area contributed by atoms with Crippen molar-refractivity contribution in [2.45, 2.75) is 22.6 Å². The highest BCUT2D eigenvalue weighted by molar-refractivity contribution is 7.92. The Morgan fingerprint density at radius 2 is 1.45 bits per heavy atom. The van der Waals surface area contributed by atoms with Gasteiger partial charge in [-0.15, -0.1) is 0 Å². The van der Waals surface area contributed by atoms with Crippen LogP contribution in [0, 0.1) is 0 Å². The van der Waals surface area contributed by atoms with Gasteiger partial charge in [0, 0.05) is 19.2 Å². The second kappa shape index (κ2) is 8.73. The minimum Gasteiger partial charge on any atom is -0.493 e. The molecule has 0 spiro atoms. The molecule has 3 rings (SSSR count). The minimum absolute atomic E-state index is 0.0114. The van der Waals surface area contributed by atoms with Crippen LogP contribution in [-0.4, -0.2) is 54.4 Å². The lowest BCUT2D eigenvalue weighted by atomic mass is 10.1. The maximum Gasteiger partial charge on any atom is 0.261 e. The van der Waals surface area contributed by atoms with Gasteiger partial charge in [-0.05, 0) is 43.2 Å². The summed E-state index contributed by atoms with van der Waals surface area (Å²) in [6.07, 6.45) is 1.59. The minimum atomic E-state index is -4.16. The third kappa shape index (κ3) is 4.60. The van der Waals surface area contributed by atoms with Crippen LogP contribution in [0.15, 0.2) is 46.2 Å². The SMILES string of the molecule is COc1cc(NS(=O)(=O)c2ccc(S(=O)(=O)N3CCCC3)cc2)c(C(N)=O)cc1OC. The highest BCUT2D eigenvalue weighted by Gasteiger charge is 2.28. The molecule has 1 heterocycles. The zero-order valence-corrected chi connectivity index (χ0v) is 18.6. The first-order valence-corrected chi connectivity index (χ1v) is 12.2. The Morgan fingerprint density at radius 3 is 1.97 bits per heavy atom. The Morgan fingerprint density at radius 1 is 0.935 bits per heavy atom. The summed E-state index contributed by atoms with van der Waals surface area (Å²) < 4.78 is 64.9. The summed E-state index contributed by atoms with van der Waals surface area (Å²) in [4.78, 5) is 11.6. The van der Waals surface area contributed by atoms with E-state index in [4.69, 9.17) is 15.2 Å². The molecule has 1 amide bonds. The molecule has 0 atom stereocenters. The predicted molar refractivity (Wildman–Crippen MR) is 113 cm³/mol. The van der Waals surface area contributed by atoms with Gasteiger partial charge in [0.2, 0.25) is 10.0 Å². The quantitative estimate of drug-likeness (QED) is 0.594. The van der Waals surface area contributed by atoms with Crippen molar-refractivity contribution in [3.05, 3.63) is 42.0 Å². The van der Waals surface area contributed by atoms with Gasteiger partial charge in [-0.1, -0.05) is 0 Å². The van der Waals surface area contributed by atoms with Crippen LogP contribution in [-0.2, 0) is 20.0 Å². The molecule has 3 N–H and O–H groups in total. The van der Waals surface area contributed by atoms with E-state index in [1.165, 1.54) is 54.9 Å². The number of anilines is 1. The highest BCUT2D eigenvalue weighted by atomic mass is 32.2. The molecule has 2 aromatic carbocycles. The molecule has 1 aliphatic rings. The Bertz CT molecular complexity index is 1190. The number of hydrogen-bond donors (Lipinski definition) is 2. The maximum absolute atomic E-state index is 12.9. The van der Waals surface area contributed by atoms with E-state index < -0.39 is 26.0 Å². The summed E-state index contributed by atoms with van der Waals surface area (Å²) in [5.41, 5.74) is 5.16. The van der Waals surface area contributed by atoms with E-state index in [0.717, 1.165) is 12.8 Å². The Labute approximate surface area is 181 Å². The molecular formula is C19H23N3O7S2.